The number of halogens is 1. The van der Waals surface area contributed by atoms with Crippen molar-refractivity contribution in [2.75, 3.05) is 13.6 Å². The van der Waals surface area contributed by atoms with Gasteiger partial charge in [-0.15, -0.1) is 0 Å². The second kappa shape index (κ2) is 4.39. The number of aromatic nitrogens is 1. The lowest BCUT2D eigenvalue weighted by Crippen LogP contribution is -2.12. The monoisotopic (exact) mass is 246 g/mol. The van der Waals surface area contributed by atoms with Crippen LogP contribution in [0.3, 0.4) is 0 Å². The van der Waals surface area contributed by atoms with Gasteiger partial charge in [0, 0.05) is 17.6 Å². The number of benzene rings is 1. The average molecular weight is 246 g/mol. The van der Waals surface area contributed by atoms with E-state index >= 15 is 0 Å². The van der Waals surface area contributed by atoms with Crippen LogP contribution in [-0.4, -0.2) is 18.2 Å². The van der Waals surface area contributed by atoms with Gasteiger partial charge in [-0.1, -0.05) is 0 Å². The van der Waals surface area contributed by atoms with Crippen LogP contribution in [0.2, 0.25) is 0 Å². The summed E-state index contributed by atoms with van der Waals surface area (Å²) in [6, 6.07) is 3.92. The molecule has 0 saturated heterocycles. The molecule has 1 aliphatic heterocycles. The molecule has 0 saturated carbocycles. The van der Waals surface area contributed by atoms with Crippen LogP contribution in [0.15, 0.2) is 18.3 Å². The molecule has 1 unspecified atom stereocenters. The fraction of sp³-hybridized carbons (Fsp3) is 0.467. The van der Waals surface area contributed by atoms with E-state index in [4.69, 9.17) is 0 Å². The van der Waals surface area contributed by atoms with E-state index in [0.717, 1.165) is 31.2 Å². The van der Waals surface area contributed by atoms with Crippen LogP contribution in [0.4, 0.5) is 4.39 Å². The molecule has 0 aliphatic carbocycles. The van der Waals surface area contributed by atoms with Gasteiger partial charge in [0.1, 0.15) is 5.82 Å². The molecular weight excluding hydrogens is 227 g/mol. The van der Waals surface area contributed by atoms with E-state index in [2.05, 4.69) is 23.0 Å². The SMILES string of the molecule is CNCCc1cn2c3c(cc(F)cc13)CCC2C. The molecule has 1 atom stereocenters. The van der Waals surface area contributed by atoms with Gasteiger partial charge in [0.05, 0.1) is 5.52 Å². The third kappa shape index (κ3) is 1.74. The normalized spacial score (nSPS) is 18.5. The molecule has 0 radical (unpaired) electrons. The maximum absolute atomic E-state index is 13.7. The van der Waals surface area contributed by atoms with Gasteiger partial charge in [0.2, 0.25) is 0 Å². The first-order valence-electron chi connectivity index (χ1n) is 6.67. The molecule has 3 rings (SSSR count). The van der Waals surface area contributed by atoms with Crippen LogP contribution in [0.1, 0.15) is 30.5 Å². The number of hydrogen-bond acceptors (Lipinski definition) is 1. The first-order chi connectivity index (χ1) is 8.70. The zero-order chi connectivity index (χ0) is 12.7. The van der Waals surface area contributed by atoms with Crippen molar-refractivity contribution in [1.82, 2.24) is 9.88 Å². The minimum Gasteiger partial charge on any atom is -0.344 e. The van der Waals surface area contributed by atoms with Gasteiger partial charge in [0.15, 0.2) is 0 Å². The molecule has 1 aromatic carbocycles. The van der Waals surface area contributed by atoms with Gasteiger partial charge >= 0.3 is 0 Å². The van der Waals surface area contributed by atoms with Crippen LogP contribution in [-0.2, 0) is 12.8 Å². The highest BCUT2D eigenvalue weighted by Crippen LogP contribution is 2.35. The number of aryl methyl sites for hydroxylation is 1. The van der Waals surface area contributed by atoms with E-state index < -0.39 is 0 Å². The Kier molecular flexibility index (Phi) is 2.86. The smallest absolute Gasteiger partial charge is 0.124 e. The molecule has 3 heteroatoms. The van der Waals surface area contributed by atoms with Gasteiger partial charge in [-0.05, 0) is 63.0 Å². The number of likely N-dealkylation sites (N-methyl/N-ethyl adjacent to an activating group) is 1. The lowest BCUT2D eigenvalue weighted by Gasteiger charge is -2.22. The molecule has 0 spiro atoms. The van der Waals surface area contributed by atoms with E-state index in [0.29, 0.717) is 6.04 Å². The lowest BCUT2D eigenvalue weighted by atomic mass is 9.98. The highest BCUT2D eigenvalue weighted by molar-refractivity contribution is 5.87. The predicted molar refractivity (Wildman–Crippen MR) is 72.6 cm³/mol. The van der Waals surface area contributed by atoms with Gasteiger partial charge in [-0.2, -0.15) is 0 Å². The maximum Gasteiger partial charge on any atom is 0.124 e. The Balaban J connectivity index is 2.21. The molecule has 1 aliphatic rings. The molecule has 2 heterocycles. The molecule has 2 nitrogen and oxygen atoms in total. The molecule has 2 aromatic rings. The summed E-state index contributed by atoms with van der Waals surface area (Å²) in [5.41, 5.74) is 3.67. The predicted octanol–water partition coefficient (Wildman–Crippen LogP) is 3.05. The van der Waals surface area contributed by atoms with Crippen molar-refractivity contribution >= 4 is 10.9 Å². The Hall–Kier alpha value is -1.35. The molecular formula is C15H19FN2. The molecule has 1 aromatic heterocycles. The third-order valence-electron chi connectivity index (χ3n) is 4.00. The van der Waals surface area contributed by atoms with Crippen LogP contribution < -0.4 is 5.32 Å². The second-order valence-corrected chi connectivity index (χ2v) is 5.26. The largest absolute Gasteiger partial charge is 0.344 e. The van der Waals surface area contributed by atoms with Crippen LogP contribution in [0.5, 0.6) is 0 Å². The number of nitrogens with one attached hydrogen (secondary N) is 1. The van der Waals surface area contributed by atoms with Crippen molar-refractivity contribution in [3.05, 3.63) is 35.3 Å². The van der Waals surface area contributed by atoms with Crippen molar-refractivity contribution in [1.29, 1.82) is 0 Å². The minimum atomic E-state index is -0.101. The van der Waals surface area contributed by atoms with E-state index in [1.165, 1.54) is 16.6 Å². The highest BCUT2D eigenvalue weighted by Gasteiger charge is 2.21. The minimum absolute atomic E-state index is 0.101. The van der Waals surface area contributed by atoms with Crippen LogP contribution >= 0.6 is 0 Å². The zero-order valence-electron chi connectivity index (χ0n) is 11.0. The Morgan fingerprint density at radius 3 is 3.06 bits per heavy atom. The quantitative estimate of drug-likeness (QED) is 0.880. The topological polar surface area (TPSA) is 17.0 Å². The van der Waals surface area contributed by atoms with Crippen molar-refractivity contribution in [3.8, 4) is 0 Å². The molecule has 0 amide bonds. The Bertz CT molecular complexity index is 586. The summed E-state index contributed by atoms with van der Waals surface area (Å²) in [7, 11) is 1.95. The number of hydrogen-bond donors (Lipinski definition) is 1. The Morgan fingerprint density at radius 1 is 1.44 bits per heavy atom. The van der Waals surface area contributed by atoms with E-state index in [-0.39, 0.29) is 5.82 Å². The molecule has 96 valence electrons. The molecule has 1 N–H and O–H groups in total. The highest BCUT2D eigenvalue weighted by atomic mass is 19.1. The number of rotatable bonds is 3. The fourth-order valence-electron chi connectivity index (χ4n) is 3.01. The van der Waals surface area contributed by atoms with E-state index in [1.807, 2.05) is 7.05 Å². The Labute approximate surface area is 107 Å². The first-order valence-corrected chi connectivity index (χ1v) is 6.67. The second-order valence-electron chi connectivity index (χ2n) is 5.26. The molecule has 18 heavy (non-hydrogen) atoms. The standard InChI is InChI=1S/C15H19FN2/c1-10-3-4-11-7-13(16)8-14-12(5-6-17-2)9-18(10)15(11)14/h7-10,17H,3-6H2,1-2H3. The van der Waals surface area contributed by atoms with Crippen molar-refractivity contribution in [3.63, 3.8) is 0 Å². The van der Waals surface area contributed by atoms with E-state index in [1.54, 1.807) is 12.1 Å². The summed E-state index contributed by atoms with van der Waals surface area (Å²) in [5.74, 6) is -0.101. The third-order valence-corrected chi connectivity index (χ3v) is 4.00. The van der Waals surface area contributed by atoms with Gasteiger partial charge in [-0.25, -0.2) is 4.39 Å². The van der Waals surface area contributed by atoms with Gasteiger partial charge in [0.25, 0.3) is 0 Å². The summed E-state index contributed by atoms with van der Waals surface area (Å²) in [6.45, 7) is 3.17. The lowest BCUT2D eigenvalue weighted by molar-refractivity contribution is 0.501. The summed E-state index contributed by atoms with van der Waals surface area (Å²) in [5, 5.41) is 4.26. The van der Waals surface area contributed by atoms with Gasteiger partial charge in [-0.3, -0.25) is 0 Å². The zero-order valence-corrected chi connectivity index (χ0v) is 11.0. The summed E-state index contributed by atoms with van der Waals surface area (Å²) in [6.07, 6.45) is 5.26. The molecule has 0 bridgehead atoms. The van der Waals surface area contributed by atoms with E-state index in [9.17, 15) is 4.39 Å². The fourth-order valence-corrected chi connectivity index (χ4v) is 3.01. The average Bonchev–Trinajstić information content (AvgIpc) is 2.71. The summed E-state index contributed by atoms with van der Waals surface area (Å²) in [4.78, 5) is 0. The summed E-state index contributed by atoms with van der Waals surface area (Å²) >= 11 is 0. The summed E-state index contributed by atoms with van der Waals surface area (Å²) < 4.78 is 16.0. The maximum atomic E-state index is 13.7. The van der Waals surface area contributed by atoms with Crippen molar-refractivity contribution in [2.45, 2.75) is 32.2 Å². The Morgan fingerprint density at radius 2 is 2.28 bits per heavy atom. The van der Waals surface area contributed by atoms with Gasteiger partial charge < -0.3 is 9.88 Å². The van der Waals surface area contributed by atoms with Crippen molar-refractivity contribution < 1.29 is 4.39 Å². The molecule has 0 fully saturated rings. The number of nitrogens with zero attached hydrogens (tertiary/aromatic N) is 1. The van der Waals surface area contributed by atoms with Crippen LogP contribution in [0.25, 0.3) is 10.9 Å². The van der Waals surface area contributed by atoms with Crippen molar-refractivity contribution in [2.24, 2.45) is 0 Å². The first kappa shape index (κ1) is 11.7. The van der Waals surface area contributed by atoms with Crippen LogP contribution in [0, 0.1) is 5.82 Å².